The summed E-state index contributed by atoms with van der Waals surface area (Å²) in [5.74, 6) is 0.679. The Balaban J connectivity index is 1.61. The number of ether oxygens (including phenoxy) is 1. The van der Waals surface area contributed by atoms with Gasteiger partial charge in [0.25, 0.3) is 0 Å². The van der Waals surface area contributed by atoms with Crippen molar-refractivity contribution in [2.45, 2.75) is 44.4 Å². The molecule has 142 valence electrons. The number of benzene rings is 1. The van der Waals surface area contributed by atoms with Gasteiger partial charge < -0.3 is 20.6 Å². The number of aliphatic imine (C=N–C) groups is 2. The molecule has 27 heavy (non-hydrogen) atoms. The van der Waals surface area contributed by atoms with Gasteiger partial charge in [-0.15, -0.1) is 0 Å². The first-order valence-electron chi connectivity index (χ1n) is 9.02. The predicted molar refractivity (Wildman–Crippen MR) is 101 cm³/mol. The molecular weight excluding hydrogens is 349 g/mol. The third-order valence-electron chi connectivity index (χ3n) is 4.98. The molecule has 0 atom stereocenters. The lowest BCUT2D eigenvalue weighted by Crippen LogP contribution is -2.58. The molecule has 0 bridgehead atoms. The van der Waals surface area contributed by atoms with Gasteiger partial charge in [-0.1, -0.05) is 6.42 Å². The summed E-state index contributed by atoms with van der Waals surface area (Å²) in [6.07, 6.45) is 6.29. The second kappa shape index (κ2) is 6.94. The topological polar surface area (TPSA) is 102 Å². The van der Waals surface area contributed by atoms with E-state index >= 15 is 0 Å². The minimum Gasteiger partial charge on any atom is -0.483 e. The summed E-state index contributed by atoms with van der Waals surface area (Å²) < 4.78 is 25.4. The molecule has 1 aromatic heterocycles. The van der Waals surface area contributed by atoms with Crippen molar-refractivity contribution < 1.29 is 13.5 Å². The number of hydrogen-bond donors (Lipinski definition) is 2. The van der Waals surface area contributed by atoms with Crippen LogP contribution in [0.15, 0.2) is 51.0 Å². The molecule has 1 fully saturated rings. The normalized spacial score (nSPS) is 18.9. The Kier molecular flexibility index (Phi) is 4.47. The highest BCUT2D eigenvalue weighted by atomic mass is 19.1. The Labute approximate surface area is 156 Å². The van der Waals surface area contributed by atoms with E-state index in [0.29, 0.717) is 11.4 Å². The first-order chi connectivity index (χ1) is 13.1. The fourth-order valence-electron chi connectivity index (χ4n) is 3.78. The SMILES string of the molecule is NC1=NC2(CCCCC2)N(c2ccc(OCc3ccco3)c(F)c2)C(N)=N1. The summed E-state index contributed by atoms with van der Waals surface area (Å²) in [6.45, 7) is 0.154. The Hall–Kier alpha value is -3.03. The summed E-state index contributed by atoms with van der Waals surface area (Å²) in [5.41, 5.74) is 12.0. The van der Waals surface area contributed by atoms with Crippen molar-refractivity contribution in [3.63, 3.8) is 0 Å². The first-order valence-corrected chi connectivity index (χ1v) is 9.02. The standard InChI is InChI=1S/C19H22FN5O2/c20-15-11-13(6-7-16(15)27-12-14-5-4-10-26-14)25-18(22)23-17(21)24-19(25)8-2-1-3-9-19/h4-7,10-11H,1-3,8-9,12H2,(H4,21,22,23,24). The van der Waals surface area contributed by atoms with Crippen LogP contribution in [0.4, 0.5) is 10.1 Å². The molecule has 4 rings (SSSR count). The molecule has 8 heteroatoms. The van der Waals surface area contributed by atoms with Gasteiger partial charge in [0.1, 0.15) is 18.0 Å². The van der Waals surface area contributed by atoms with E-state index in [2.05, 4.69) is 9.98 Å². The molecule has 4 N–H and O–H groups in total. The second-order valence-corrected chi connectivity index (χ2v) is 6.80. The summed E-state index contributed by atoms with van der Waals surface area (Å²) >= 11 is 0. The van der Waals surface area contributed by atoms with Gasteiger partial charge in [-0.3, -0.25) is 4.90 Å². The van der Waals surface area contributed by atoms with Gasteiger partial charge >= 0.3 is 0 Å². The summed E-state index contributed by atoms with van der Waals surface area (Å²) in [5, 5.41) is 0. The summed E-state index contributed by atoms with van der Waals surface area (Å²) in [6, 6.07) is 8.27. The van der Waals surface area contributed by atoms with Gasteiger partial charge in [0, 0.05) is 11.8 Å². The largest absolute Gasteiger partial charge is 0.483 e. The third kappa shape index (κ3) is 3.34. The Morgan fingerprint density at radius 1 is 1.19 bits per heavy atom. The Morgan fingerprint density at radius 3 is 2.70 bits per heavy atom. The average Bonchev–Trinajstić information content (AvgIpc) is 3.14. The van der Waals surface area contributed by atoms with Crippen molar-refractivity contribution in [3.8, 4) is 5.75 Å². The number of halogens is 1. The molecule has 2 aliphatic rings. The maximum atomic E-state index is 14.7. The van der Waals surface area contributed by atoms with Crippen molar-refractivity contribution in [2.75, 3.05) is 4.90 Å². The average molecular weight is 371 g/mol. The fraction of sp³-hybridized carbons (Fsp3) is 0.368. The van der Waals surface area contributed by atoms with Crippen molar-refractivity contribution >= 4 is 17.6 Å². The zero-order valence-corrected chi connectivity index (χ0v) is 14.9. The van der Waals surface area contributed by atoms with Crippen LogP contribution in [-0.2, 0) is 6.61 Å². The van der Waals surface area contributed by atoms with Gasteiger partial charge in [0.05, 0.1) is 6.26 Å². The lowest BCUT2D eigenvalue weighted by atomic mass is 9.87. The van der Waals surface area contributed by atoms with Crippen LogP contribution in [0.25, 0.3) is 0 Å². The van der Waals surface area contributed by atoms with Gasteiger partial charge in [-0.25, -0.2) is 9.38 Å². The van der Waals surface area contributed by atoms with E-state index < -0.39 is 11.5 Å². The molecular formula is C19H22FN5O2. The number of nitrogens with zero attached hydrogens (tertiary/aromatic N) is 3. The molecule has 1 aromatic carbocycles. The smallest absolute Gasteiger partial charge is 0.220 e. The maximum Gasteiger partial charge on any atom is 0.220 e. The highest BCUT2D eigenvalue weighted by Gasteiger charge is 2.42. The van der Waals surface area contributed by atoms with Crippen LogP contribution in [0.2, 0.25) is 0 Å². The minimum absolute atomic E-state index is 0.142. The molecule has 1 aliphatic carbocycles. The minimum atomic E-state index is -0.600. The van der Waals surface area contributed by atoms with Crippen molar-refractivity contribution in [1.82, 2.24) is 0 Å². The van der Waals surface area contributed by atoms with E-state index in [4.69, 9.17) is 20.6 Å². The number of anilines is 1. The maximum absolute atomic E-state index is 14.7. The van der Waals surface area contributed by atoms with Crippen LogP contribution in [-0.4, -0.2) is 17.6 Å². The van der Waals surface area contributed by atoms with E-state index in [-0.39, 0.29) is 24.3 Å². The van der Waals surface area contributed by atoms with Crippen LogP contribution in [0, 0.1) is 5.82 Å². The van der Waals surface area contributed by atoms with E-state index in [9.17, 15) is 4.39 Å². The number of hydrogen-bond acceptors (Lipinski definition) is 7. The number of furan rings is 1. The predicted octanol–water partition coefficient (Wildman–Crippen LogP) is 3.11. The van der Waals surface area contributed by atoms with E-state index in [0.717, 1.165) is 32.1 Å². The molecule has 0 saturated heterocycles. The van der Waals surface area contributed by atoms with Crippen LogP contribution in [0.5, 0.6) is 5.75 Å². The van der Waals surface area contributed by atoms with Crippen molar-refractivity contribution in [3.05, 3.63) is 48.2 Å². The van der Waals surface area contributed by atoms with Crippen molar-refractivity contribution in [1.29, 1.82) is 0 Å². The highest BCUT2D eigenvalue weighted by Crippen LogP contribution is 2.40. The Bertz CT molecular complexity index is 872. The monoisotopic (exact) mass is 371 g/mol. The summed E-state index contributed by atoms with van der Waals surface area (Å²) in [4.78, 5) is 10.5. The van der Waals surface area contributed by atoms with Gasteiger partial charge in [-0.05, 0) is 49.9 Å². The number of nitrogens with two attached hydrogens (primary N) is 2. The van der Waals surface area contributed by atoms with Gasteiger partial charge in [0.15, 0.2) is 11.6 Å². The quantitative estimate of drug-likeness (QED) is 0.860. The van der Waals surface area contributed by atoms with Crippen LogP contribution >= 0.6 is 0 Å². The lowest BCUT2D eigenvalue weighted by molar-refractivity contribution is 0.258. The van der Waals surface area contributed by atoms with Gasteiger partial charge in [-0.2, -0.15) is 4.99 Å². The third-order valence-corrected chi connectivity index (χ3v) is 4.98. The number of rotatable bonds is 4. The summed E-state index contributed by atoms with van der Waals surface area (Å²) in [7, 11) is 0. The molecule has 1 spiro atoms. The fourth-order valence-corrected chi connectivity index (χ4v) is 3.78. The van der Waals surface area contributed by atoms with Gasteiger partial charge in [0.2, 0.25) is 11.9 Å². The van der Waals surface area contributed by atoms with Crippen LogP contribution < -0.4 is 21.1 Å². The zero-order chi connectivity index (χ0) is 18.9. The molecule has 1 saturated carbocycles. The molecule has 7 nitrogen and oxygen atoms in total. The highest BCUT2D eigenvalue weighted by molar-refractivity contribution is 6.05. The molecule has 0 radical (unpaired) electrons. The van der Waals surface area contributed by atoms with Crippen molar-refractivity contribution in [2.24, 2.45) is 21.5 Å². The van der Waals surface area contributed by atoms with E-state index in [1.165, 1.54) is 6.07 Å². The molecule has 2 aromatic rings. The molecule has 2 heterocycles. The van der Waals surface area contributed by atoms with Crippen LogP contribution in [0.3, 0.4) is 0 Å². The second-order valence-electron chi connectivity index (χ2n) is 6.80. The molecule has 0 amide bonds. The van der Waals surface area contributed by atoms with E-state index in [1.807, 2.05) is 0 Å². The zero-order valence-electron chi connectivity index (χ0n) is 14.9. The van der Waals surface area contributed by atoms with E-state index in [1.54, 1.807) is 35.4 Å². The first kappa shape index (κ1) is 17.4. The Morgan fingerprint density at radius 2 is 2.00 bits per heavy atom. The molecule has 1 aliphatic heterocycles. The van der Waals surface area contributed by atoms with Crippen LogP contribution in [0.1, 0.15) is 37.9 Å². The lowest BCUT2D eigenvalue weighted by Gasteiger charge is -2.45. The number of guanidine groups is 2. The molecule has 0 unspecified atom stereocenters.